The van der Waals surface area contributed by atoms with Crippen molar-refractivity contribution in [2.75, 3.05) is 48.9 Å². The minimum atomic E-state index is -5.08. The normalized spacial score (nSPS) is 14.0. The molecular formula is C27H37F3N4O5S. The highest BCUT2D eigenvalue weighted by molar-refractivity contribution is 7.92. The van der Waals surface area contributed by atoms with Crippen LogP contribution in [0.3, 0.4) is 0 Å². The Morgan fingerprint density at radius 1 is 1.00 bits per heavy atom. The molecule has 0 saturated carbocycles. The van der Waals surface area contributed by atoms with E-state index in [1.165, 1.54) is 0 Å². The van der Waals surface area contributed by atoms with E-state index in [9.17, 15) is 26.4 Å². The number of nitrogens with zero attached hydrogens (tertiary/aromatic N) is 2. The molecule has 0 aromatic heterocycles. The quantitative estimate of drug-likeness (QED) is 0.401. The molecule has 0 bridgehead atoms. The van der Waals surface area contributed by atoms with Gasteiger partial charge in [0, 0.05) is 44.8 Å². The second-order valence-electron chi connectivity index (χ2n) is 10.2. The first kappa shape index (κ1) is 32.9. The van der Waals surface area contributed by atoms with Gasteiger partial charge in [0.15, 0.2) is 0 Å². The number of halogens is 3. The summed E-state index contributed by atoms with van der Waals surface area (Å²) in [5.41, 5.74) is 1.70. The van der Waals surface area contributed by atoms with Crippen LogP contribution in [0.15, 0.2) is 53.4 Å². The van der Waals surface area contributed by atoms with Crippen LogP contribution in [0.4, 0.5) is 24.5 Å². The fourth-order valence-corrected chi connectivity index (χ4v) is 5.13. The van der Waals surface area contributed by atoms with E-state index in [0.717, 1.165) is 31.9 Å². The largest absolute Gasteiger partial charge is 0.490 e. The van der Waals surface area contributed by atoms with Crippen LogP contribution < -0.4 is 14.9 Å². The molecule has 222 valence electrons. The van der Waals surface area contributed by atoms with E-state index in [-0.39, 0.29) is 10.8 Å². The predicted octanol–water partition coefficient (Wildman–Crippen LogP) is 4.28. The van der Waals surface area contributed by atoms with Crippen LogP contribution in [-0.4, -0.2) is 75.7 Å². The van der Waals surface area contributed by atoms with E-state index >= 15 is 0 Å². The van der Waals surface area contributed by atoms with E-state index in [1.54, 1.807) is 36.4 Å². The molecule has 3 N–H and O–H groups in total. The molecule has 0 radical (unpaired) electrons. The predicted molar refractivity (Wildman–Crippen MR) is 148 cm³/mol. The summed E-state index contributed by atoms with van der Waals surface area (Å²) in [5.74, 6) is -2.16. The van der Waals surface area contributed by atoms with E-state index in [1.807, 2.05) is 17.0 Å². The number of carbonyl (C=O) groups excluding carboxylic acids is 1. The smallest absolute Gasteiger partial charge is 0.475 e. The number of nitrogens with one attached hydrogen (secondary N) is 2. The van der Waals surface area contributed by atoms with Crippen LogP contribution in [-0.2, 0) is 14.8 Å². The summed E-state index contributed by atoms with van der Waals surface area (Å²) in [6.07, 6.45) is -5.08. The third-order valence-electron chi connectivity index (χ3n) is 5.70. The average Bonchev–Trinajstić information content (AvgIpc) is 2.88. The minimum absolute atomic E-state index is 0.0792. The number of sulfonamides is 1. The molecule has 1 saturated heterocycles. The summed E-state index contributed by atoms with van der Waals surface area (Å²) in [7, 11) is -3.79. The highest BCUT2D eigenvalue weighted by Gasteiger charge is 2.38. The fourth-order valence-electron chi connectivity index (χ4n) is 4.04. The number of carboxylic acid groups (broad SMARTS) is 1. The maximum atomic E-state index is 13.4. The van der Waals surface area contributed by atoms with Crippen LogP contribution in [0.2, 0.25) is 0 Å². The molecule has 0 unspecified atom stereocenters. The molecule has 13 heteroatoms. The second kappa shape index (κ2) is 14.4. The molecule has 0 atom stereocenters. The molecule has 9 nitrogen and oxygen atoms in total. The highest BCUT2D eigenvalue weighted by atomic mass is 32.2. The number of carbonyl (C=O) groups is 2. The Balaban J connectivity index is 0.000000708. The molecule has 3 rings (SSSR count). The first-order valence-corrected chi connectivity index (χ1v) is 14.4. The van der Waals surface area contributed by atoms with Crippen LogP contribution in [0.5, 0.6) is 0 Å². The van der Waals surface area contributed by atoms with Gasteiger partial charge in [0.05, 0.1) is 16.3 Å². The van der Waals surface area contributed by atoms with E-state index in [2.05, 4.69) is 42.6 Å². The van der Waals surface area contributed by atoms with Gasteiger partial charge in [-0.3, -0.25) is 9.52 Å². The molecule has 0 aliphatic carbocycles. The minimum Gasteiger partial charge on any atom is -0.475 e. The van der Waals surface area contributed by atoms with Crippen molar-refractivity contribution in [1.29, 1.82) is 0 Å². The molecule has 1 amide bonds. The molecule has 0 spiro atoms. The number of hydrogen-bond donors (Lipinski definition) is 3. The van der Waals surface area contributed by atoms with Crippen molar-refractivity contribution < 1.29 is 36.3 Å². The van der Waals surface area contributed by atoms with Gasteiger partial charge in [-0.25, -0.2) is 13.2 Å². The summed E-state index contributed by atoms with van der Waals surface area (Å²) in [5, 5.41) is 10.4. The topological polar surface area (TPSA) is 119 Å². The number of carboxylic acids is 1. The van der Waals surface area contributed by atoms with Crippen molar-refractivity contribution in [3.05, 3.63) is 54.1 Å². The SMILES string of the molecule is CC(C)CN(CC(C)C)C(=O)c1ccc(N2CCNCC2)c(NS(=O)(=O)c2ccccc2)c1.O=C(O)C(F)(F)F. The van der Waals surface area contributed by atoms with Crippen LogP contribution in [0.1, 0.15) is 38.1 Å². The third-order valence-corrected chi connectivity index (χ3v) is 7.08. The van der Waals surface area contributed by atoms with Crippen molar-refractivity contribution in [2.45, 2.75) is 38.8 Å². The number of alkyl halides is 3. The van der Waals surface area contributed by atoms with E-state index in [0.29, 0.717) is 36.2 Å². The van der Waals surface area contributed by atoms with Crippen molar-refractivity contribution in [3.63, 3.8) is 0 Å². The standard InChI is InChI=1S/C25H36N4O3S.C2HF3O2/c1-19(2)17-29(18-20(3)4)25(30)21-10-11-24(28-14-12-26-13-15-28)23(16-21)27-33(31,32)22-8-6-5-7-9-22;3-2(4,5)1(6)7/h5-11,16,19-20,26-27H,12-15,17-18H2,1-4H3;(H,6,7). The molecule has 1 heterocycles. The summed E-state index contributed by atoms with van der Waals surface area (Å²) in [6, 6.07) is 13.7. The number of piperazine rings is 1. The van der Waals surface area contributed by atoms with Crippen molar-refractivity contribution in [2.24, 2.45) is 11.8 Å². The first-order valence-electron chi connectivity index (χ1n) is 12.9. The Kier molecular flexibility index (Phi) is 11.8. The van der Waals surface area contributed by atoms with Gasteiger partial charge in [-0.05, 0) is 42.2 Å². The second-order valence-corrected chi connectivity index (χ2v) is 11.9. The fraction of sp³-hybridized carbons (Fsp3) is 0.481. The Hall–Kier alpha value is -3.32. The van der Waals surface area contributed by atoms with Gasteiger partial charge in [-0.15, -0.1) is 0 Å². The first-order chi connectivity index (χ1) is 18.6. The monoisotopic (exact) mass is 586 g/mol. The third kappa shape index (κ3) is 10.0. The van der Waals surface area contributed by atoms with Crippen molar-refractivity contribution in [1.82, 2.24) is 10.2 Å². The lowest BCUT2D eigenvalue weighted by Gasteiger charge is -2.32. The Morgan fingerprint density at radius 3 is 2.00 bits per heavy atom. The molecule has 1 fully saturated rings. The Bertz CT molecular complexity index is 1220. The van der Waals surface area contributed by atoms with Crippen molar-refractivity contribution in [3.8, 4) is 0 Å². The van der Waals surface area contributed by atoms with Gasteiger partial charge in [-0.1, -0.05) is 45.9 Å². The molecule has 2 aromatic carbocycles. The van der Waals surface area contributed by atoms with E-state index < -0.39 is 22.2 Å². The summed E-state index contributed by atoms with van der Waals surface area (Å²) in [6.45, 7) is 12.8. The van der Waals surface area contributed by atoms with Gasteiger partial charge in [-0.2, -0.15) is 13.2 Å². The van der Waals surface area contributed by atoms with Crippen molar-refractivity contribution >= 4 is 33.3 Å². The number of hydrogen-bond acceptors (Lipinski definition) is 6. The maximum absolute atomic E-state index is 13.4. The Morgan fingerprint density at radius 2 is 1.52 bits per heavy atom. The van der Waals surface area contributed by atoms with Gasteiger partial charge in [0.25, 0.3) is 15.9 Å². The lowest BCUT2D eigenvalue weighted by Crippen LogP contribution is -2.44. The molecular weight excluding hydrogens is 549 g/mol. The number of benzene rings is 2. The zero-order valence-corrected chi connectivity index (χ0v) is 23.8. The van der Waals surface area contributed by atoms with Gasteiger partial charge < -0.3 is 20.2 Å². The number of rotatable bonds is 9. The molecule has 1 aliphatic rings. The van der Waals surface area contributed by atoms with Gasteiger partial charge >= 0.3 is 12.1 Å². The zero-order chi connectivity index (χ0) is 30.1. The van der Waals surface area contributed by atoms with Gasteiger partial charge in [0.1, 0.15) is 0 Å². The number of aliphatic carboxylic acids is 1. The van der Waals surface area contributed by atoms with Gasteiger partial charge in [0.2, 0.25) is 0 Å². The highest BCUT2D eigenvalue weighted by Crippen LogP contribution is 2.30. The molecule has 2 aromatic rings. The van der Waals surface area contributed by atoms with Crippen LogP contribution in [0.25, 0.3) is 0 Å². The lowest BCUT2D eigenvalue weighted by atomic mass is 10.1. The summed E-state index contributed by atoms with van der Waals surface area (Å²) >= 11 is 0. The average molecular weight is 587 g/mol. The summed E-state index contributed by atoms with van der Waals surface area (Å²) < 4.78 is 60.7. The lowest BCUT2D eigenvalue weighted by molar-refractivity contribution is -0.192. The molecule has 1 aliphatic heterocycles. The van der Waals surface area contributed by atoms with E-state index in [4.69, 9.17) is 9.90 Å². The number of anilines is 2. The van der Waals surface area contributed by atoms with Crippen LogP contribution in [0, 0.1) is 11.8 Å². The maximum Gasteiger partial charge on any atom is 0.490 e. The van der Waals surface area contributed by atoms with Crippen LogP contribution >= 0.6 is 0 Å². The zero-order valence-electron chi connectivity index (χ0n) is 23.0. The Labute approximate surface area is 233 Å². The summed E-state index contributed by atoms with van der Waals surface area (Å²) in [4.78, 5) is 26.5. The molecule has 40 heavy (non-hydrogen) atoms. The number of amides is 1.